The summed E-state index contributed by atoms with van der Waals surface area (Å²) in [4.78, 5) is 39.8. The van der Waals surface area contributed by atoms with Crippen LogP contribution in [0.25, 0.3) is 0 Å². The van der Waals surface area contributed by atoms with E-state index in [9.17, 15) is 14.4 Å². The Balaban J connectivity index is 1.60. The summed E-state index contributed by atoms with van der Waals surface area (Å²) in [6.45, 7) is 0.558. The number of carbonyl (C=O) groups excluding carboxylic acids is 3. The fourth-order valence-electron chi connectivity index (χ4n) is 4.17. The third kappa shape index (κ3) is 4.54. The first-order valence-electron chi connectivity index (χ1n) is 10.7. The van der Waals surface area contributed by atoms with Crippen LogP contribution in [0, 0.1) is 0 Å². The molecule has 1 heterocycles. The average Bonchev–Trinajstić information content (AvgIpc) is 2.83. The van der Waals surface area contributed by atoms with Crippen molar-refractivity contribution < 1.29 is 14.4 Å². The summed E-state index contributed by atoms with van der Waals surface area (Å²) < 4.78 is 0. The molecule has 0 saturated carbocycles. The average molecular weight is 428 g/mol. The maximum absolute atomic E-state index is 13.4. The van der Waals surface area contributed by atoms with E-state index in [4.69, 9.17) is 5.73 Å². The zero-order chi connectivity index (χ0) is 22.5. The molecule has 3 aromatic rings. The van der Waals surface area contributed by atoms with E-state index in [0.29, 0.717) is 24.1 Å². The van der Waals surface area contributed by atoms with Crippen molar-refractivity contribution in [3.8, 4) is 0 Å². The molecule has 0 aliphatic carbocycles. The molecule has 3 amide bonds. The topological polar surface area (TPSA) is 92.5 Å². The van der Waals surface area contributed by atoms with Crippen molar-refractivity contribution in [2.24, 2.45) is 5.73 Å². The predicted octanol–water partition coefficient (Wildman–Crippen LogP) is 3.63. The number of benzene rings is 3. The van der Waals surface area contributed by atoms with Gasteiger partial charge in [0.15, 0.2) is 0 Å². The van der Waals surface area contributed by atoms with E-state index in [1.54, 1.807) is 41.3 Å². The molecule has 1 atom stereocenters. The maximum atomic E-state index is 13.4. The highest BCUT2D eigenvalue weighted by Gasteiger charge is 2.28. The SMILES string of the molecule is NC(=O)c1cccc2c1CCCN2C(=O)CC(NC(=O)c1ccccc1)c1ccccc1. The zero-order valence-electron chi connectivity index (χ0n) is 17.7. The number of nitrogens with two attached hydrogens (primary N) is 1. The number of primary amides is 1. The van der Waals surface area contributed by atoms with E-state index in [1.165, 1.54) is 0 Å². The minimum atomic E-state index is -0.492. The number of nitrogens with one attached hydrogen (secondary N) is 1. The van der Waals surface area contributed by atoms with Crippen LogP contribution in [0.4, 0.5) is 5.69 Å². The number of hydrogen-bond acceptors (Lipinski definition) is 3. The number of amides is 3. The lowest BCUT2D eigenvalue weighted by Crippen LogP contribution is -2.39. The van der Waals surface area contributed by atoms with E-state index in [-0.39, 0.29) is 18.2 Å². The first-order chi connectivity index (χ1) is 15.5. The quantitative estimate of drug-likeness (QED) is 0.629. The van der Waals surface area contributed by atoms with E-state index >= 15 is 0 Å². The molecule has 0 aromatic heterocycles. The lowest BCUT2D eigenvalue weighted by atomic mass is 9.95. The molecule has 1 unspecified atom stereocenters. The Kier molecular flexibility index (Phi) is 6.31. The lowest BCUT2D eigenvalue weighted by molar-refractivity contribution is -0.119. The Morgan fingerprint density at radius 3 is 2.28 bits per heavy atom. The standard InChI is InChI=1S/C26H25N3O3/c27-25(31)21-13-7-15-23-20(21)14-8-16-29(23)24(30)17-22(18-9-3-1-4-10-18)28-26(32)19-11-5-2-6-12-19/h1-7,9-13,15,22H,8,14,16-17H2,(H2,27,31)(H,28,32). The fourth-order valence-corrected chi connectivity index (χ4v) is 4.17. The van der Waals surface area contributed by atoms with Gasteiger partial charge in [-0.3, -0.25) is 14.4 Å². The molecule has 162 valence electrons. The molecule has 3 aromatic carbocycles. The first kappa shape index (κ1) is 21.3. The van der Waals surface area contributed by atoms with Crippen molar-refractivity contribution in [2.45, 2.75) is 25.3 Å². The third-order valence-corrected chi connectivity index (χ3v) is 5.74. The molecule has 0 fully saturated rings. The van der Waals surface area contributed by atoms with Gasteiger partial charge in [0, 0.05) is 23.4 Å². The van der Waals surface area contributed by atoms with Gasteiger partial charge in [0.25, 0.3) is 5.91 Å². The molecular weight excluding hydrogens is 402 g/mol. The summed E-state index contributed by atoms with van der Waals surface area (Å²) in [5, 5.41) is 3.01. The van der Waals surface area contributed by atoms with Crippen molar-refractivity contribution in [3.05, 3.63) is 101 Å². The van der Waals surface area contributed by atoms with Crippen molar-refractivity contribution in [1.82, 2.24) is 5.32 Å². The number of carbonyl (C=O) groups is 3. The molecule has 0 bridgehead atoms. The lowest BCUT2D eigenvalue weighted by Gasteiger charge is -2.32. The van der Waals surface area contributed by atoms with Crippen molar-refractivity contribution >= 4 is 23.4 Å². The third-order valence-electron chi connectivity index (χ3n) is 5.74. The van der Waals surface area contributed by atoms with Crippen LogP contribution in [0.5, 0.6) is 0 Å². The number of hydrogen-bond donors (Lipinski definition) is 2. The molecule has 3 N–H and O–H groups in total. The molecule has 1 aliphatic rings. The normalized spacial score (nSPS) is 13.7. The molecule has 1 aliphatic heterocycles. The highest BCUT2D eigenvalue weighted by atomic mass is 16.2. The van der Waals surface area contributed by atoms with Gasteiger partial charge < -0.3 is 16.0 Å². The maximum Gasteiger partial charge on any atom is 0.251 e. The second-order valence-corrected chi connectivity index (χ2v) is 7.82. The van der Waals surface area contributed by atoms with E-state index in [1.807, 2.05) is 42.5 Å². The summed E-state index contributed by atoms with van der Waals surface area (Å²) in [5.41, 5.74) is 8.91. The Morgan fingerprint density at radius 2 is 1.59 bits per heavy atom. The van der Waals surface area contributed by atoms with E-state index < -0.39 is 11.9 Å². The monoisotopic (exact) mass is 427 g/mol. The number of nitrogens with zero attached hydrogens (tertiary/aromatic N) is 1. The van der Waals surface area contributed by atoms with E-state index in [2.05, 4.69) is 5.32 Å². The van der Waals surface area contributed by atoms with Crippen LogP contribution in [0.3, 0.4) is 0 Å². The van der Waals surface area contributed by atoms with Crippen LogP contribution in [-0.2, 0) is 11.2 Å². The van der Waals surface area contributed by atoms with Crippen molar-refractivity contribution in [1.29, 1.82) is 0 Å². The van der Waals surface area contributed by atoms with Gasteiger partial charge in [0.05, 0.1) is 12.5 Å². The smallest absolute Gasteiger partial charge is 0.251 e. The Morgan fingerprint density at radius 1 is 0.906 bits per heavy atom. The summed E-state index contributed by atoms with van der Waals surface area (Å²) in [5.74, 6) is -0.842. The molecule has 6 nitrogen and oxygen atoms in total. The van der Waals surface area contributed by atoms with Crippen molar-refractivity contribution in [3.63, 3.8) is 0 Å². The fraction of sp³-hybridized carbons (Fsp3) is 0.192. The van der Waals surface area contributed by atoms with Crippen LogP contribution in [0.2, 0.25) is 0 Å². The molecule has 6 heteroatoms. The second kappa shape index (κ2) is 9.47. The van der Waals surface area contributed by atoms with Gasteiger partial charge in [-0.05, 0) is 48.2 Å². The van der Waals surface area contributed by atoms with Crippen LogP contribution < -0.4 is 16.0 Å². The molecule has 0 spiro atoms. The molecule has 0 saturated heterocycles. The van der Waals surface area contributed by atoms with Crippen LogP contribution in [0.1, 0.15) is 50.7 Å². The molecule has 0 radical (unpaired) electrons. The Hall–Kier alpha value is -3.93. The highest BCUT2D eigenvalue weighted by molar-refractivity contribution is 6.01. The predicted molar refractivity (Wildman–Crippen MR) is 123 cm³/mol. The highest BCUT2D eigenvalue weighted by Crippen LogP contribution is 2.31. The Labute approximate surface area is 187 Å². The van der Waals surface area contributed by atoms with Crippen molar-refractivity contribution in [2.75, 3.05) is 11.4 Å². The summed E-state index contributed by atoms with van der Waals surface area (Å²) >= 11 is 0. The molecular formula is C26H25N3O3. The van der Waals surface area contributed by atoms with Gasteiger partial charge in [-0.1, -0.05) is 54.6 Å². The number of rotatable bonds is 6. The largest absolute Gasteiger partial charge is 0.366 e. The van der Waals surface area contributed by atoms with Gasteiger partial charge in [-0.15, -0.1) is 0 Å². The van der Waals surface area contributed by atoms with Gasteiger partial charge >= 0.3 is 0 Å². The van der Waals surface area contributed by atoms with E-state index in [0.717, 1.165) is 23.2 Å². The number of anilines is 1. The number of fused-ring (bicyclic) bond motifs is 1. The Bertz CT molecular complexity index is 1130. The van der Waals surface area contributed by atoms with Gasteiger partial charge in [0.1, 0.15) is 0 Å². The minimum absolute atomic E-state index is 0.100. The van der Waals surface area contributed by atoms with Gasteiger partial charge in [-0.2, -0.15) is 0 Å². The molecule has 32 heavy (non-hydrogen) atoms. The van der Waals surface area contributed by atoms with Crippen LogP contribution in [-0.4, -0.2) is 24.3 Å². The van der Waals surface area contributed by atoms with Crippen LogP contribution >= 0.6 is 0 Å². The van der Waals surface area contributed by atoms with Gasteiger partial charge in [-0.25, -0.2) is 0 Å². The summed E-state index contributed by atoms with van der Waals surface area (Å²) in [6.07, 6.45) is 1.54. The summed E-state index contributed by atoms with van der Waals surface area (Å²) in [6, 6.07) is 23.2. The summed E-state index contributed by atoms with van der Waals surface area (Å²) in [7, 11) is 0. The minimum Gasteiger partial charge on any atom is -0.366 e. The second-order valence-electron chi connectivity index (χ2n) is 7.82. The zero-order valence-corrected chi connectivity index (χ0v) is 17.7. The van der Waals surface area contributed by atoms with Gasteiger partial charge in [0.2, 0.25) is 11.8 Å². The molecule has 4 rings (SSSR count). The first-order valence-corrected chi connectivity index (χ1v) is 10.7. The van der Waals surface area contributed by atoms with Crippen LogP contribution in [0.15, 0.2) is 78.9 Å².